The SMILES string of the molecule is CCCN(C1CCC(N)CC1)C(C)C(=O)NC(CC)CC. The van der Waals surface area contributed by atoms with Crippen LogP contribution in [0.15, 0.2) is 0 Å². The van der Waals surface area contributed by atoms with E-state index in [4.69, 9.17) is 5.73 Å². The van der Waals surface area contributed by atoms with Gasteiger partial charge in [-0.3, -0.25) is 9.69 Å². The van der Waals surface area contributed by atoms with Crippen molar-refractivity contribution in [3.8, 4) is 0 Å². The van der Waals surface area contributed by atoms with Gasteiger partial charge in [0.1, 0.15) is 0 Å². The first-order valence-corrected chi connectivity index (χ1v) is 8.85. The summed E-state index contributed by atoms with van der Waals surface area (Å²) < 4.78 is 0. The van der Waals surface area contributed by atoms with Gasteiger partial charge >= 0.3 is 0 Å². The standard InChI is InChI=1S/C17H35N3O/c1-5-12-20(16-10-8-14(18)9-11-16)13(4)17(21)19-15(6-2)7-3/h13-16H,5-12,18H2,1-4H3,(H,19,21). The smallest absolute Gasteiger partial charge is 0.237 e. The van der Waals surface area contributed by atoms with E-state index in [1.165, 1.54) is 0 Å². The van der Waals surface area contributed by atoms with Crippen LogP contribution in [0.5, 0.6) is 0 Å². The first-order chi connectivity index (χ1) is 10.0. The fourth-order valence-electron chi connectivity index (χ4n) is 3.35. The number of nitrogens with zero attached hydrogens (tertiary/aromatic N) is 1. The Morgan fingerprint density at radius 3 is 2.24 bits per heavy atom. The molecule has 0 heterocycles. The van der Waals surface area contributed by atoms with Gasteiger partial charge in [-0.05, 0) is 58.4 Å². The minimum absolute atomic E-state index is 0.0372. The van der Waals surface area contributed by atoms with E-state index >= 15 is 0 Å². The zero-order valence-corrected chi connectivity index (χ0v) is 14.4. The molecule has 124 valence electrons. The van der Waals surface area contributed by atoms with Crippen LogP contribution in [-0.2, 0) is 4.79 Å². The predicted octanol–water partition coefficient (Wildman–Crippen LogP) is 2.66. The summed E-state index contributed by atoms with van der Waals surface area (Å²) >= 11 is 0. The lowest BCUT2D eigenvalue weighted by atomic mass is 9.90. The zero-order chi connectivity index (χ0) is 15.8. The van der Waals surface area contributed by atoms with Gasteiger partial charge < -0.3 is 11.1 Å². The van der Waals surface area contributed by atoms with Gasteiger partial charge in [0.25, 0.3) is 0 Å². The van der Waals surface area contributed by atoms with Gasteiger partial charge in [-0.2, -0.15) is 0 Å². The highest BCUT2D eigenvalue weighted by Gasteiger charge is 2.30. The minimum Gasteiger partial charge on any atom is -0.352 e. The molecule has 3 N–H and O–H groups in total. The second-order valence-corrected chi connectivity index (χ2v) is 6.50. The quantitative estimate of drug-likeness (QED) is 0.724. The molecule has 1 unspecified atom stereocenters. The molecule has 1 atom stereocenters. The highest BCUT2D eigenvalue weighted by Crippen LogP contribution is 2.24. The van der Waals surface area contributed by atoms with E-state index in [1.54, 1.807) is 0 Å². The Bertz CT molecular complexity index is 296. The molecule has 1 fully saturated rings. The summed E-state index contributed by atoms with van der Waals surface area (Å²) in [7, 11) is 0. The molecular formula is C17H35N3O. The van der Waals surface area contributed by atoms with E-state index in [-0.39, 0.29) is 11.9 Å². The molecular weight excluding hydrogens is 262 g/mol. The zero-order valence-electron chi connectivity index (χ0n) is 14.4. The molecule has 0 radical (unpaired) electrons. The van der Waals surface area contributed by atoms with Crippen molar-refractivity contribution in [1.82, 2.24) is 10.2 Å². The Morgan fingerprint density at radius 2 is 1.76 bits per heavy atom. The number of nitrogens with two attached hydrogens (primary N) is 1. The number of nitrogens with one attached hydrogen (secondary N) is 1. The summed E-state index contributed by atoms with van der Waals surface area (Å²) in [5.74, 6) is 0.187. The van der Waals surface area contributed by atoms with Gasteiger partial charge in [0, 0.05) is 18.1 Å². The van der Waals surface area contributed by atoms with E-state index in [1.807, 2.05) is 0 Å². The fraction of sp³-hybridized carbons (Fsp3) is 0.941. The molecule has 0 spiro atoms. The topological polar surface area (TPSA) is 58.4 Å². The molecule has 1 saturated carbocycles. The molecule has 0 saturated heterocycles. The van der Waals surface area contributed by atoms with Gasteiger partial charge in [0.15, 0.2) is 0 Å². The van der Waals surface area contributed by atoms with Gasteiger partial charge in [0.05, 0.1) is 6.04 Å². The van der Waals surface area contributed by atoms with E-state index in [0.717, 1.165) is 51.5 Å². The largest absolute Gasteiger partial charge is 0.352 e. The average Bonchev–Trinajstić information content (AvgIpc) is 2.50. The molecule has 4 heteroatoms. The second-order valence-electron chi connectivity index (χ2n) is 6.50. The molecule has 0 aromatic rings. The van der Waals surface area contributed by atoms with Crippen LogP contribution >= 0.6 is 0 Å². The fourth-order valence-corrected chi connectivity index (χ4v) is 3.35. The Labute approximate surface area is 130 Å². The number of carbonyl (C=O) groups excluding carboxylic acids is 1. The van der Waals surface area contributed by atoms with Crippen molar-refractivity contribution in [2.75, 3.05) is 6.54 Å². The van der Waals surface area contributed by atoms with E-state index in [2.05, 4.69) is 37.9 Å². The van der Waals surface area contributed by atoms with Crippen molar-refractivity contribution in [2.24, 2.45) is 5.73 Å². The van der Waals surface area contributed by atoms with E-state index in [9.17, 15) is 4.79 Å². The molecule has 1 rings (SSSR count). The molecule has 21 heavy (non-hydrogen) atoms. The highest BCUT2D eigenvalue weighted by molar-refractivity contribution is 5.81. The number of hydrogen-bond acceptors (Lipinski definition) is 3. The van der Waals surface area contributed by atoms with Crippen molar-refractivity contribution >= 4 is 5.91 Å². The summed E-state index contributed by atoms with van der Waals surface area (Å²) in [6.07, 6.45) is 7.53. The number of hydrogen-bond donors (Lipinski definition) is 2. The molecule has 0 aliphatic heterocycles. The Balaban J connectivity index is 2.63. The van der Waals surface area contributed by atoms with Crippen molar-refractivity contribution in [3.05, 3.63) is 0 Å². The average molecular weight is 297 g/mol. The van der Waals surface area contributed by atoms with Gasteiger partial charge in [0.2, 0.25) is 5.91 Å². The molecule has 1 amide bonds. The molecule has 0 aromatic heterocycles. The van der Waals surface area contributed by atoms with Crippen molar-refractivity contribution < 1.29 is 4.79 Å². The van der Waals surface area contributed by atoms with Crippen LogP contribution in [0.3, 0.4) is 0 Å². The van der Waals surface area contributed by atoms with Crippen LogP contribution < -0.4 is 11.1 Å². The Morgan fingerprint density at radius 1 is 1.19 bits per heavy atom. The molecule has 1 aliphatic rings. The van der Waals surface area contributed by atoms with Crippen molar-refractivity contribution in [1.29, 1.82) is 0 Å². The maximum atomic E-state index is 12.5. The first kappa shape index (κ1) is 18.4. The summed E-state index contributed by atoms with van der Waals surface area (Å²) in [5, 5.41) is 3.20. The molecule has 0 bridgehead atoms. The van der Waals surface area contributed by atoms with E-state index < -0.39 is 0 Å². The van der Waals surface area contributed by atoms with Gasteiger partial charge in [-0.15, -0.1) is 0 Å². The maximum Gasteiger partial charge on any atom is 0.237 e. The monoisotopic (exact) mass is 297 g/mol. The van der Waals surface area contributed by atoms with Gasteiger partial charge in [-0.1, -0.05) is 20.8 Å². The van der Waals surface area contributed by atoms with Crippen LogP contribution in [0.2, 0.25) is 0 Å². The summed E-state index contributed by atoms with van der Waals surface area (Å²) in [6, 6.07) is 1.15. The number of amides is 1. The summed E-state index contributed by atoms with van der Waals surface area (Å²) in [5.41, 5.74) is 6.01. The predicted molar refractivity (Wildman–Crippen MR) is 89.2 cm³/mol. The minimum atomic E-state index is -0.0372. The van der Waals surface area contributed by atoms with Crippen LogP contribution in [0.1, 0.15) is 72.6 Å². The van der Waals surface area contributed by atoms with Crippen LogP contribution in [0, 0.1) is 0 Å². The number of carbonyl (C=O) groups is 1. The maximum absolute atomic E-state index is 12.5. The lowest BCUT2D eigenvalue weighted by Crippen LogP contribution is -2.53. The van der Waals surface area contributed by atoms with Crippen LogP contribution in [-0.4, -0.2) is 41.5 Å². The van der Waals surface area contributed by atoms with E-state index in [0.29, 0.717) is 18.1 Å². The Kier molecular flexibility index (Phi) is 8.27. The van der Waals surface area contributed by atoms with Gasteiger partial charge in [-0.25, -0.2) is 0 Å². The van der Waals surface area contributed by atoms with Crippen molar-refractivity contribution in [2.45, 2.75) is 96.8 Å². The summed E-state index contributed by atoms with van der Waals surface area (Å²) in [6.45, 7) is 9.50. The summed E-state index contributed by atoms with van der Waals surface area (Å²) in [4.78, 5) is 14.9. The number of rotatable bonds is 8. The highest BCUT2D eigenvalue weighted by atomic mass is 16.2. The third-order valence-corrected chi connectivity index (χ3v) is 4.90. The van der Waals surface area contributed by atoms with Crippen molar-refractivity contribution in [3.63, 3.8) is 0 Å². The first-order valence-electron chi connectivity index (χ1n) is 8.85. The van der Waals surface area contributed by atoms with Crippen LogP contribution in [0.25, 0.3) is 0 Å². The second kappa shape index (κ2) is 9.42. The lowest BCUT2D eigenvalue weighted by Gasteiger charge is -2.39. The molecule has 4 nitrogen and oxygen atoms in total. The normalized spacial score (nSPS) is 24.3. The third-order valence-electron chi connectivity index (χ3n) is 4.90. The molecule has 1 aliphatic carbocycles. The lowest BCUT2D eigenvalue weighted by molar-refractivity contribution is -0.128. The molecule has 0 aromatic carbocycles. The van der Waals surface area contributed by atoms with Crippen LogP contribution in [0.4, 0.5) is 0 Å². The third kappa shape index (κ3) is 5.59. The Hall–Kier alpha value is -0.610.